The van der Waals surface area contributed by atoms with Crippen molar-refractivity contribution in [3.63, 3.8) is 0 Å². The smallest absolute Gasteiger partial charge is 0.387 e. The second kappa shape index (κ2) is 9.46. The fourth-order valence-electron chi connectivity index (χ4n) is 3.41. The largest absolute Gasteiger partial charge is 0.497 e. The van der Waals surface area contributed by atoms with Gasteiger partial charge < -0.3 is 19.5 Å². The third kappa shape index (κ3) is 4.60. The number of hydrogen-bond acceptors (Lipinski definition) is 5. The second-order valence-electron chi connectivity index (χ2n) is 6.55. The van der Waals surface area contributed by atoms with Crippen LogP contribution in [0.15, 0.2) is 59.8 Å². The van der Waals surface area contributed by atoms with Gasteiger partial charge in [-0.05, 0) is 44.2 Å². The number of anilines is 1. The van der Waals surface area contributed by atoms with Gasteiger partial charge in [-0.1, -0.05) is 18.2 Å². The first kappa shape index (κ1) is 22.1. The lowest BCUT2D eigenvalue weighted by atomic mass is 9.94. The van der Waals surface area contributed by atoms with Gasteiger partial charge in [0.2, 0.25) is 0 Å². The molecule has 0 aliphatic carbocycles. The number of hydrogen-bond donors (Lipinski definition) is 1. The summed E-state index contributed by atoms with van der Waals surface area (Å²) >= 11 is 0. The van der Waals surface area contributed by atoms with Gasteiger partial charge in [-0.25, -0.2) is 9.59 Å². The molecule has 9 heteroatoms. The fraction of sp³-hybridized carbons (Fsp3) is 0.273. The highest BCUT2D eigenvalue weighted by atomic mass is 19.3. The second-order valence-corrected chi connectivity index (χ2v) is 6.55. The predicted molar refractivity (Wildman–Crippen MR) is 109 cm³/mol. The van der Waals surface area contributed by atoms with E-state index in [1.807, 2.05) is 0 Å². The van der Waals surface area contributed by atoms with E-state index in [-0.39, 0.29) is 23.5 Å². The van der Waals surface area contributed by atoms with Gasteiger partial charge in [-0.3, -0.25) is 4.90 Å². The Morgan fingerprint density at radius 2 is 1.84 bits per heavy atom. The first-order valence-corrected chi connectivity index (χ1v) is 9.53. The zero-order valence-electron chi connectivity index (χ0n) is 17.2. The van der Waals surface area contributed by atoms with Gasteiger partial charge in [0.05, 0.1) is 31.0 Å². The Morgan fingerprint density at radius 3 is 2.45 bits per heavy atom. The summed E-state index contributed by atoms with van der Waals surface area (Å²) in [4.78, 5) is 27.2. The average Bonchev–Trinajstić information content (AvgIpc) is 2.74. The Bertz CT molecular complexity index is 992. The van der Waals surface area contributed by atoms with E-state index in [0.717, 1.165) is 0 Å². The molecule has 31 heavy (non-hydrogen) atoms. The molecule has 0 saturated carbocycles. The van der Waals surface area contributed by atoms with E-state index >= 15 is 0 Å². The summed E-state index contributed by atoms with van der Waals surface area (Å²) in [5, 5.41) is 2.72. The minimum Gasteiger partial charge on any atom is -0.497 e. The number of rotatable bonds is 7. The Kier molecular flexibility index (Phi) is 6.74. The summed E-state index contributed by atoms with van der Waals surface area (Å²) in [5.41, 5.74) is 1.13. The van der Waals surface area contributed by atoms with E-state index in [1.165, 1.54) is 30.2 Å². The molecule has 1 aliphatic rings. The third-order valence-electron chi connectivity index (χ3n) is 4.76. The van der Waals surface area contributed by atoms with Crippen molar-refractivity contribution in [3.05, 3.63) is 65.4 Å². The number of esters is 1. The number of alkyl halides is 2. The van der Waals surface area contributed by atoms with Crippen LogP contribution in [0, 0.1) is 0 Å². The maximum atomic E-state index is 13.0. The first-order valence-electron chi connectivity index (χ1n) is 9.53. The number of nitrogens with one attached hydrogen (secondary N) is 1. The van der Waals surface area contributed by atoms with Crippen LogP contribution < -0.4 is 19.7 Å². The highest BCUT2D eigenvalue weighted by molar-refractivity contribution is 6.03. The lowest BCUT2D eigenvalue weighted by Gasteiger charge is -2.35. The number of amides is 2. The molecule has 7 nitrogen and oxygen atoms in total. The minimum atomic E-state index is -3.06. The minimum absolute atomic E-state index is 0.105. The molecule has 1 unspecified atom stereocenters. The number of urea groups is 1. The molecule has 0 radical (unpaired) electrons. The van der Waals surface area contributed by atoms with Crippen molar-refractivity contribution in [2.24, 2.45) is 0 Å². The van der Waals surface area contributed by atoms with Gasteiger partial charge in [0.15, 0.2) is 0 Å². The molecule has 0 bridgehead atoms. The van der Waals surface area contributed by atoms with Crippen molar-refractivity contribution < 1.29 is 32.6 Å². The molecule has 1 aliphatic heterocycles. The number of halogens is 2. The molecular weight excluding hydrogens is 410 g/mol. The molecule has 1 N–H and O–H groups in total. The highest BCUT2D eigenvalue weighted by Gasteiger charge is 2.38. The summed E-state index contributed by atoms with van der Waals surface area (Å²) in [6, 6.07) is 11.1. The van der Waals surface area contributed by atoms with Crippen LogP contribution in [-0.2, 0) is 9.53 Å². The first-order chi connectivity index (χ1) is 14.9. The zero-order valence-corrected chi connectivity index (χ0v) is 17.2. The molecule has 164 valence electrons. The van der Waals surface area contributed by atoms with Crippen molar-refractivity contribution in [1.82, 2.24) is 5.32 Å². The molecule has 2 amide bonds. The average molecular weight is 432 g/mol. The van der Waals surface area contributed by atoms with Crippen LogP contribution in [0.2, 0.25) is 0 Å². The van der Waals surface area contributed by atoms with E-state index < -0.39 is 24.7 Å². The lowest BCUT2D eigenvalue weighted by molar-refractivity contribution is -0.139. The summed E-state index contributed by atoms with van der Waals surface area (Å²) in [5.74, 6) is -0.213. The number of allylic oxidation sites excluding steroid dienone is 1. The molecular formula is C22H22F2N2O5. The Labute approximate surface area is 178 Å². The standard InChI is InChI=1S/C22H22F2N2O5/c1-4-30-20(27)18-13(2)26(14-9-11-15(29-3)12-10-14)22(28)25-19(18)16-7-5-6-8-17(16)31-21(23)24/h5-12,19,21H,4H2,1-3H3,(H,25,28). The van der Waals surface area contributed by atoms with E-state index in [2.05, 4.69) is 10.1 Å². The molecule has 0 spiro atoms. The van der Waals surface area contributed by atoms with Gasteiger partial charge in [-0.2, -0.15) is 8.78 Å². The number of carbonyl (C=O) groups is 2. The molecule has 2 aromatic rings. The van der Waals surface area contributed by atoms with E-state index in [0.29, 0.717) is 17.1 Å². The molecule has 0 fully saturated rings. The van der Waals surface area contributed by atoms with Crippen molar-refractivity contribution in [2.45, 2.75) is 26.5 Å². The van der Waals surface area contributed by atoms with Crippen LogP contribution >= 0.6 is 0 Å². The van der Waals surface area contributed by atoms with Crippen LogP contribution in [0.4, 0.5) is 19.3 Å². The van der Waals surface area contributed by atoms with Crippen molar-refractivity contribution in [3.8, 4) is 11.5 Å². The van der Waals surface area contributed by atoms with Crippen LogP contribution in [0.25, 0.3) is 0 Å². The summed E-state index contributed by atoms with van der Waals surface area (Å²) < 4.78 is 40.8. The molecule has 1 atom stereocenters. The topological polar surface area (TPSA) is 77.1 Å². The van der Waals surface area contributed by atoms with Gasteiger partial charge in [0.1, 0.15) is 11.5 Å². The fourth-order valence-corrected chi connectivity index (χ4v) is 3.41. The van der Waals surface area contributed by atoms with Crippen LogP contribution in [0.1, 0.15) is 25.5 Å². The lowest BCUT2D eigenvalue weighted by Crippen LogP contribution is -2.48. The van der Waals surface area contributed by atoms with Crippen LogP contribution in [0.5, 0.6) is 11.5 Å². The van der Waals surface area contributed by atoms with Crippen molar-refractivity contribution in [1.29, 1.82) is 0 Å². The molecule has 2 aromatic carbocycles. The number of ether oxygens (including phenoxy) is 3. The maximum absolute atomic E-state index is 13.0. The van der Waals surface area contributed by atoms with Gasteiger partial charge >= 0.3 is 18.6 Å². The molecule has 0 aromatic heterocycles. The van der Waals surface area contributed by atoms with Gasteiger partial charge in [0.25, 0.3) is 0 Å². The summed E-state index contributed by atoms with van der Waals surface area (Å²) in [7, 11) is 1.52. The van der Waals surface area contributed by atoms with Gasteiger partial charge in [-0.15, -0.1) is 0 Å². The van der Waals surface area contributed by atoms with Crippen molar-refractivity contribution in [2.75, 3.05) is 18.6 Å². The predicted octanol–water partition coefficient (Wildman–Crippen LogP) is 4.40. The van der Waals surface area contributed by atoms with Gasteiger partial charge in [0, 0.05) is 11.3 Å². The molecule has 3 rings (SSSR count). The zero-order chi connectivity index (χ0) is 22.5. The SMILES string of the molecule is CCOC(=O)C1=C(C)N(c2ccc(OC)cc2)C(=O)NC1c1ccccc1OC(F)F. The van der Waals surface area contributed by atoms with E-state index in [9.17, 15) is 18.4 Å². The molecule has 0 saturated heterocycles. The summed E-state index contributed by atoms with van der Waals surface area (Å²) in [6.45, 7) is 0.291. The monoisotopic (exact) mass is 432 g/mol. The number of methoxy groups -OCH3 is 1. The molecule has 1 heterocycles. The summed E-state index contributed by atoms with van der Waals surface area (Å²) in [6.07, 6.45) is 0. The Balaban J connectivity index is 2.12. The quantitative estimate of drug-likeness (QED) is 0.656. The van der Waals surface area contributed by atoms with E-state index in [4.69, 9.17) is 9.47 Å². The Morgan fingerprint density at radius 1 is 1.16 bits per heavy atom. The van der Waals surface area contributed by atoms with Crippen LogP contribution in [-0.4, -0.2) is 32.3 Å². The normalized spacial score (nSPS) is 16.3. The van der Waals surface area contributed by atoms with Crippen LogP contribution in [0.3, 0.4) is 0 Å². The number of carbonyl (C=O) groups excluding carboxylic acids is 2. The maximum Gasteiger partial charge on any atom is 0.387 e. The van der Waals surface area contributed by atoms with Crippen molar-refractivity contribution >= 4 is 17.7 Å². The Hall–Kier alpha value is -3.62. The third-order valence-corrected chi connectivity index (χ3v) is 4.76. The number of benzene rings is 2. The highest BCUT2D eigenvalue weighted by Crippen LogP contribution is 2.38. The number of nitrogens with zero attached hydrogens (tertiary/aromatic N) is 1. The number of para-hydroxylation sites is 1. The van der Waals surface area contributed by atoms with E-state index in [1.54, 1.807) is 44.2 Å².